The Kier molecular flexibility index (Phi) is 8.48. The van der Waals surface area contributed by atoms with E-state index >= 15 is 0 Å². The first-order valence-electron chi connectivity index (χ1n) is 13.9. The summed E-state index contributed by atoms with van der Waals surface area (Å²) in [6, 6.07) is 15.7. The van der Waals surface area contributed by atoms with E-state index in [0.29, 0.717) is 28.6 Å². The second-order valence-electron chi connectivity index (χ2n) is 10.0. The van der Waals surface area contributed by atoms with Crippen molar-refractivity contribution in [3.05, 3.63) is 101 Å². The lowest BCUT2D eigenvalue weighted by Gasteiger charge is -2.16. The van der Waals surface area contributed by atoms with Gasteiger partial charge in [-0.25, -0.2) is 19.2 Å². The van der Waals surface area contributed by atoms with Gasteiger partial charge in [0.1, 0.15) is 23.3 Å². The van der Waals surface area contributed by atoms with Crippen LogP contribution in [-0.4, -0.2) is 59.5 Å². The number of hydrogen-bond acceptors (Lipinski definition) is 8. The Morgan fingerprint density at radius 3 is 2.51 bits per heavy atom. The van der Waals surface area contributed by atoms with Gasteiger partial charge < -0.3 is 9.64 Å². The predicted molar refractivity (Wildman–Crippen MR) is 162 cm³/mol. The molecule has 1 aliphatic rings. The second-order valence-corrected chi connectivity index (χ2v) is 10.5. The second kappa shape index (κ2) is 12.8. The lowest BCUT2D eigenvalue weighted by Crippen LogP contribution is -2.22. The lowest BCUT2D eigenvalue weighted by molar-refractivity contribution is -0.136. The van der Waals surface area contributed by atoms with E-state index < -0.39 is 11.7 Å². The van der Waals surface area contributed by atoms with Gasteiger partial charge in [0, 0.05) is 24.3 Å². The van der Waals surface area contributed by atoms with Crippen molar-refractivity contribution in [1.82, 2.24) is 39.3 Å². The molecule has 0 spiro atoms. The van der Waals surface area contributed by atoms with Crippen LogP contribution in [0.1, 0.15) is 35.5 Å². The van der Waals surface area contributed by atoms with Crippen molar-refractivity contribution < 1.29 is 17.9 Å². The minimum absolute atomic E-state index is 0.171. The van der Waals surface area contributed by atoms with Gasteiger partial charge in [0.2, 0.25) is 11.8 Å². The molecule has 0 saturated carbocycles. The van der Waals surface area contributed by atoms with Crippen LogP contribution in [0.4, 0.5) is 19.1 Å². The molecule has 45 heavy (non-hydrogen) atoms. The van der Waals surface area contributed by atoms with Crippen LogP contribution < -0.4 is 9.64 Å². The van der Waals surface area contributed by atoms with Crippen molar-refractivity contribution in [2.45, 2.75) is 25.6 Å². The van der Waals surface area contributed by atoms with Gasteiger partial charge in [-0.15, -0.1) is 5.10 Å². The van der Waals surface area contributed by atoms with Gasteiger partial charge in [0.25, 0.3) is 0 Å². The number of pyridine rings is 1. The molecule has 1 saturated heterocycles. The maximum absolute atomic E-state index is 12.3. The van der Waals surface area contributed by atoms with Crippen LogP contribution in [0.5, 0.6) is 5.75 Å². The Bertz CT molecular complexity index is 2010. The summed E-state index contributed by atoms with van der Waals surface area (Å²) in [5.41, 5.74) is 2.21. The smallest absolute Gasteiger partial charge is 0.420 e. The van der Waals surface area contributed by atoms with Crippen molar-refractivity contribution in [1.29, 1.82) is 0 Å². The van der Waals surface area contributed by atoms with Crippen molar-refractivity contribution in [2.24, 2.45) is 0 Å². The number of benzene rings is 2. The van der Waals surface area contributed by atoms with Gasteiger partial charge in [-0.3, -0.25) is 4.98 Å². The number of hydrogen-bond donors (Lipinski definition) is 0. The highest BCUT2D eigenvalue weighted by Gasteiger charge is 2.33. The molecule has 0 atom stereocenters. The molecule has 10 nitrogen and oxygen atoms in total. The maximum atomic E-state index is 12.3. The maximum Gasteiger partial charge on any atom is 0.420 e. The molecular formula is C31H25ClF3N9O. The predicted octanol–water partition coefficient (Wildman–Crippen LogP) is 5.68. The number of fused-ring (bicyclic) bond motifs is 2. The van der Waals surface area contributed by atoms with E-state index in [2.05, 4.69) is 41.9 Å². The molecule has 2 aromatic carbocycles. The monoisotopic (exact) mass is 631 g/mol. The van der Waals surface area contributed by atoms with Crippen molar-refractivity contribution in [3.8, 4) is 17.6 Å². The number of rotatable bonds is 4. The van der Waals surface area contributed by atoms with Crippen LogP contribution in [0, 0.1) is 11.8 Å². The van der Waals surface area contributed by atoms with Crippen LogP contribution in [0.15, 0.2) is 73.3 Å². The fourth-order valence-electron chi connectivity index (χ4n) is 4.78. The molecule has 4 aromatic heterocycles. The highest BCUT2D eigenvalue weighted by Crippen LogP contribution is 2.31. The van der Waals surface area contributed by atoms with E-state index in [4.69, 9.17) is 21.3 Å². The Hall–Kier alpha value is -5.22. The molecule has 0 bridgehead atoms. The quantitative estimate of drug-likeness (QED) is 0.229. The highest BCUT2D eigenvalue weighted by atomic mass is 35.5. The van der Waals surface area contributed by atoms with E-state index in [-0.39, 0.29) is 5.65 Å². The zero-order valence-corrected chi connectivity index (χ0v) is 24.7. The molecule has 1 aliphatic heterocycles. The fourth-order valence-corrected chi connectivity index (χ4v) is 4.95. The molecular weight excluding hydrogens is 607 g/mol. The first-order chi connectivity index (χ1) is 21.8. The van der Waals surface area contributed by atoms with Crippen LogP contribution in [0.2, 0.25) is 5.02 Å². The summed E-state index contributed by atoms with van der Waals surface area (Å²) >= 11 is 6.07. The molecule has 14 heteroatoms. The van der Waals surface area contributed by atoms with Crippen molar-refractivity contribution in [2.75, 3.05) is 25.1 Å². The van der Waals surface area contributed by atoms with E-state index in [9.17, 15) is 13.2 Å². The average molecular weight is 632 g/mol. The summed E-state index contributed by atoms with van der Waals surface area (Å²) in [7, 11) is 1.66. The van der Waals surface area contributed by atoms with Crippen LogP contribution in [-0.2, 0) is 12.7 Å². The van der Waals surface area contributed by atoms with Gasteiger partial charge >= 0.3 is 6.18 Å². The fraction of sp³-hybridized carbons (Fsp3) is 0.226. The lowest BCUT2D eigenvalue weighted by atomic mass is 10.2. The molecule has 0 amide bonds. The first-order valence-corrected chi connectivity index (χ1v) is 14.3. The van der Waals surface area contributed by atoms with Crippen molar-refractivity contribution >= 4 is 34.2 Å². The summed E-state index contributed by atoms with van der Waals surface area (Å²) in [5, 5.41) is 8.89. The molecule has 6 aromatic rings. The zero-order valence-electron chi connectivity index (χ0n) is 23.9. The van der Waals surface area contributed by atoms with Gasteiger partial charge in [0.05, 0.1) is 30.9 Å². The normalized spacial score (nSPS) is 13.0. The van der Waals surface area contributed by atoms with E-state index in [1.54, 1.807) is 25.4 Å². The third-order valence-electron chi connectivity index (χ3n) is 6.95. The average Bonchev–Trinajstić information content (AvgIpc) is 3.81. The molecule has 0 aliphatic carbocycles. The highest BCUT2D eigenvalue weighted by molar-refractivity contribution is 6.31. The number of halogens is 4. The SMILES string of the molecule is COc1ccc(Cn2nc(C#Cc3cnc4ccc(Cl)cc4n3)nc2N2CCCC2)cc1.FC(F)(F)c1cccn2ncnc12. The minimum atomic E-state index is -4.38. The molecule has 7 rings (SSSR count). The summed E-state index contributed by atoms with van der Waals surface area (Å²) in [5.74, 6) is 8.24. The summed E-state index contributed by atoms with van der Waals surface area (Å²) in [6.45, 7) is 2.56. The molecule has 0 N–H and O–H groups in total. The first kappa shape index (κ1) is 29.8. The molecule has 1 fully saturated rings. The Morgan fingerprint density at radius 2 is 1.76 bits per heavy atom. The van der Waals surface area contributed by atoms with Crippen LogP contribution in [0.25, 0.3) is 16.7 Å². The molecule has 228 valence electrons. The molecule has 0 radical (unpaired) electrons. The standard InChI is InChI=1S/C24H21ClN6O.C7H4F3N3/c1-32-20-8-4-17(5-9-20)16-31-24(30-12-2-3-13-30)28-23(29-31)11-7-19-15-26-21-10-6-18(25)14-22(21)27-19;8-7(9,10)5-2-1-3-13-6(5)11-4-12-13/h4-6,8-10,14-15H,2-3,12-13,16H2,1H3;1-4H. The zero-order chi connectivity index (χ0) is 31.4. The molecule has 5 heterocycles. The third-order valence-corrected chi connectivity index (χ3v) is 7.18. The van der Waals surface area contributed by atoms with Gasteiger partial charge in [-0.05, 0) is 72.7 Å². The van der Waals surface area contributed by atoms with Crippen molar-refractivity contribution in [3.63, 3.8) is 0 Å². The number of ether oxygens (including phenoxy) is 1. The van der Waals surface area contributed by atoms with E-state index in [1.807, 2.05) is 35.0 Å². The molecule has 0 unspecified atom stereocenters. The summed E-state index contributed by atoms with van der Waals surface area (Å²) in [4.78, 5) is 19.4. The third kappa shape index (κ3) is 6.97. The number of nitrogens with zero attached hydrogens (tertiary/aromatic N) is 9. The van der Waals surface area contributed by atoms with Crippen LogP contribution in [0.3, 0.4) is 0 Å². The largest absolute Gasteiger partial charge is 0.497 e. The Labute approximate surface area is 260 Å². The number of alkyl halides is 3. The van der Waals surface area contributed by atoms with Gasteiger partial charge in [-0.1, -0.05) is 23.7 Å². The number of anilines is 1. The van der Waals surface area contributed by atoms with Crippen LogP contribution >= 0.6 is 11.6 Å². The van der Waals surface area contributed by atoms with Gasteiger partial charge in [0.15, 0.2) is 5.65 Å². The number of aromatic nitrogens is 8. The summed E-state index contributed by atoms with van der Waals surface area (Å²) in [6.07, 6.45) is 2.09. The Morgan fingerprint density at radius 1 is 0.956 bits per heavy atom. The van der Waals surface area contributed by atoms with Gasteiger partial charge in [-0.2, -0.15) is 23.3 Å². The topological polar surface area (TPSA) is 99.1 Å². The number of methoxy groups -OCH3 is 1. The Balaban J connectivity index is 0.000000229. The van der Waals surface area contributed by atoms with E-state index in [1.165, 1.54) is 12.3 Å². The summed E-state index contributed by atoms with van der Waals surface area (Å²) < 4.78 is 45.2. The minimum Gasteiger partial charge on any atom is -0.497 e. The van der Waals surface area contributed by atoms with E-state index in [0.717, 1.165) is 65.6 Å².